The molecule has 1 N–H and O–H groups in total. The first kappa shape index (κ1) is 12.3. The molecule has 2 nitrogen and oxygen atoms in total. The molecule has 15 heavy (non-hydrogen) atoms. The predicted molar refractivity (Wildman–Crippen MR) is 62.4 cm³/mol. The molecule has 1 atom stereocenters. The monoisotopic (exact) mass is 228 g/mol. The number of aliphatic hydroxyl groups is 1. The van der Waals surface area contributed by atoms with E-state index in [9.17, 15) is 5.11 Å². The Morgan fingerprint density at radius 3 is 2.53 bits per heavy atom. The summed E-state index contributed by atoms with van der Waals surface area (Å²) in [7, 11) is 0. The number of ether oxygens (including phenoxy) is 1. The average Bonchev–Trinajstić information content (AvgIpc) is 2.15. The summed E-state index contributed by atoms with van der Waals surface area (Å²) in [4.78, 5) is 0. The van der Waals surface area contributed by atoms with Crippen LogP contribution < -0.4 is 4.74 Å². The van der Waals surface area contributed by atoms with Crippen molar-refractivity contribution in [2.45, 2.75) is 26.9 Å². The summed E-state index contributed by atoms with van der Waals surface area (Å²) < 4.78 is 5.60. The second kappa shape index (κ2) is 5.38. The van der Waals surface area contributed by atoms with Crippen molar-refractivity contribution in [1.29, 1.82) is 0 Å². The maximum absolute atomic E-state index is 9.56. The third-order valence-corrected chi connectivity index (χ3v) is 2.31. The van der Waals surface area contributed by atoms with Gasteiger partial charge in [0.1, 0.15) is 5.75 Å². The van der Waals surface area contributed by atoms with Crippen LogP contribution in [0.1, 0.15) is 32.4 Å². The zero-order valence-corrected chi connectivity index (χ0v) is 10.1. The molecule has 0 aliphatic heterocycles. The number of hydrogen-bond donors (Lipinski definition) is 1. The Balaban J connectivity index is 2.92. The zero-order chi connectivity index (χ0) is 11.4. The van der Waals surface area contributed by atoms with E-state index in [-0.39, 0.29) is 0 Å². The number of halogens is 1. The lowest BCUT2D eigenvalue weighted by atomic mass is 10.1. The maximum Gasteiger partial charge on any atom is 0.143 e. The van der Waals surface area contributed by atoms with Crippen LogP contribution in [-0.4, -0.2) is 11.7 Å². The first-order valence-corrected chi connectivity index (χ1v) is 5.49. The molecule has 3 heteroatoms. The molecule has 0 aliphatic rings. The van der Waals surface area contributed by atoms with Gasteiger partial charge in [0, 0.05) is 5.56 Å². The molecule has 0 aliphatic carbocycles. The predicted octanol–water partition coefficient (Wildman–Crippen LogP) is 3.43. The van der Waals surface area contributed by atoms with Crippen LogP contribution >= 0.6 is 11.6 Å². The quantitative estimate of drug-likeness (QED) is 0.856. The zero-order valence-electron chi connectivity index (χ0n) is 9.33. The van der Waals surface area contributed by atoms with Gasteiger partial charge in [0.15, 0.2) is 0 Å². The lowest BCUT2D eigenvalue weighted by Gasteiger charge is -2.16. The van der Waals surface area contributed by atoms with E-state index in [0.29, 0.717) is 23.3 Å². The lowest BCUT2D eigenvalue weighted by molar-refractivity contribution is 0.188. The molecule has 1 aromatic carbocycles. The summed E-state index contributed by atoms with van der Waals surface area (Å²) >= 11 is 6.02. The Morgan fingerprint density at radius 1 is 1.33 bits per heavy atom. The molecule has 0 heterocycles. The minimum atomic E-state index is -0.564. The van der Waals surface area contributed by atoms with Gasteiger partial charge >= 0.3 is 0 Å². The van der Waals surface area contributed by atoms with Gasteiger partial charge in [-0.05, 0) is 18.9 Å². The van der Waals surface area contributed by atoms with Crippen molar-refractivity contribution in [2.75, 3.05) is 6.61 Å². The molecule has 0 saturated carbocycles. The second-order valence-electron chi connectivity index (χ2n) is 4.04. The molecule has 0 fully saturated rings. The maximum atomic E-state index is 9.56. The van der Waals surface area contributed by atoms with Gasteiger partial charge in [-0.25, -0.2) is 0 Å². The minimum absolute atomic E-state index is 0.433. The average molecular weight is 229 g/mol. The minimum Gasteiger partial charge on any atom is -0.491 e. The summed E-state index contributed by atoms with van der Waals surface area (Å²) in [6.07, 6.45) is -0.564. The molecule has 0 saturated heterocycles. The van der Waals surface area contributed by atoms with Crippen molar-refractivity contribution >= 4 is 11.6 Å². The van der Waals surface area contributed by atoms with Gasteiger partial charge in [-0.3, -0.25) is 0 Å². The van der Waals surface area contributed by atoms with Gasteiger partial charge in [-0.1, -0.05) is 37.6 Å². The van der Waals surface area contributed by atoms with E-state index in [4.69, 9.17) is 16.3 Å². The Kier molecular flexibility index (Phi) is 4.43. The van der Waals surface area contributed by atoms with Gasteiger partial charge in [0.2, 0.25) is 0 Å². The fourth-order valence-electron chi connectivity index (χ4n) is 1.26. The van der Waals surface area contributed by atoms with E-state index in [1.54, 1.807) is 13.0 Å². The molecule has 0 aromatic heterocycles. The highest BCUT2D eigenvalue weighted by molar-refractivity contribution is 6.32. The van der Waals surface area contributed by atoms with Crippen molar-refractivity contribution < 1.29 is 9.84 Å². The highest BCUT2D eigenvalue weighted by atomic mass is 35.5. The van der Waals surface area contributed by atoms with Crippen LogP contribution in [0.3, 0.4) is 0 Å². The number of para-hydroxylation sites is 1. The Hall–Kier alpha value is -0.730. The number of aliphatic hydroxyl groups excluding tert-OH is 1. The van der Waals surface area contributed by atoms with E-state index in [2.05, 4.69) is 13.8 Å². The van der Waals surface area contributed by atoms with E-state index in [1.807, 2.05) is 12.1 Å². The van der Waals surface area contributed by atoms with Crippen LogP contribution in [0.5, 0.6) is 5.75 Å². The molecule has 0 bridgehead atoms. The fourth-order valence-corrected chi connectivity index (χ4v) is 1.49. The summed E-state index contributed by atoms with van der Waals surface area (Å²) in [6, 6.07) is 5.40. The Labute approximate surface area is 95.8 Å². The molecule has 1 rings (SSSR count). The van der Waals surface area contributed by atoms with Gasteiger partial charge in [-0.15, -0.1) is 0 Å². The SMILES string of the molecule is CC(C)COc1c(Cl)cccc1C(C)O. The number of benzene rings is 1. The van der Waals surface area contributed by atoms with E-state index in [1.165, 1.54) is 0 Å². The third kappa shape index (κ3) is 3.40. The van der Waals surface area contributed by atoms with E-state index < -0.39 is 6.10 Å². The van der Waals surface area contributed by atoms with Crippen molar-refractivity contribution in [3.05, 3.63) is 28.8 Å². The summed E-state index contributed by atoms with van der Waals surface area (Å²) in [5, 5.41) is 10.1. The molecule has 84 valence electrons. The largest absolute Gasteiger partial charge is 0.491 e. The van der Waals surface area contributed by atoms with Crippen LogP contribution in [0, 0.1) is 5.92 Å². The van der Waals surface area contributed by atoms with Gasteiger partial charge in [0.05, 0.1) is 17.7 Å². The van der Waals surface area contributed by atoms with Crippen molar-refractivity contribution in [2.24, 2.45) is 5.92 Å². The van der Waals surface area contributed by atoms with E-state index >= 15 is 0 Å². The highest BCUT2D eigenvalue weighted by Gasteiger charge is 2.12. The molecule has 0 radical (unpaired) electrons. The Bertz CT molecular complexity index is 321. The number of rotatable bonds is 4. The summed E-state index contributed by atoms with van der Waals surface area (Å²) in [6.45, 7) is 6.44. The van der Waals surface area contributed by atoms with Gasteiger partial charge in [-0.2, -0.15) is 0 Å². The lowest BCUT2D eigenvalue weighted by Crippen LogP contribution is -2.07. The van der Waals surface area contributed by atoms with Crippen molar-refractivity contribution in [3.8, 4) is 5.75 Å². The van der Waals surface area contributed by atoms with Gasteiger partial charge in [0.25, 0.3) is 0 Å². The summed E-state index contributed by atoms with van der Waals surface area (Å²) in [5.74, 6) is 1.03. The highest BCUT2D eigenvalue weighted by Crippen LogP contribution is 2.32. The van der Waals surface area contributed by atoms with E-state index in [0.717, 1.165) is 5.56 Å². The molecule has 0 spiro atoms. The molecule has 1 aromatic rings. The first-order valence-electron chi connectivity index (χ1n) is 5.11. The third-order valence-electron chi connectivity index (χ3n) is 2.01. The van der Waals surface area contributed by atoms with Crippen LogP contribution in [0.2, 0.25) is 5.02 Å². The normalized spacial score (nSPS) is 12.9. The molecular formula is C12H17ClO2. The van der Waals surface area contributed by atoms with Crippen LogP contribution in [0.4, 0.5) is 0 Å². The molecule has 0 amide bonds. The number of hydrogen-bond acceptors (Lipinski definition) is 2. The molecular weight excluding hydrogens is 212 g/mol. The fraction of sp³-hybridized carbons (Fsp3) is 0.500. The summed E-state index contributed by atoms with van der Waals surface area (Å²) in [5.41, 5.74) is 0.739. The first-order chi connectivity index (χ1) is 7.02. The topological polar surface area (TPSA) is 29.5 Å². The molecule has 1 unspecified atom stereocenters. The van der Waals surface area contributed by atoms with Crippen molar-refractivity contribution in [3.63, 3.8) is 0 Å². The Morgan fingerprint density at radius 2 is 2.00 bits per heavy atom. The van der Waals surface area contributed by atoms with Crippen LogP contribution in [0.25, 0.3) is 0 Å². The van der Waals surface area contributed by atoms with Crippen LogP contribution in [-0.2, 0) is 0 Å². The van der Waals surface area contributed by atoms with Crippen molar-refractivity contribution in [1.82, 2.24) is 0 Å². The standard InChI is InChI=1S/C12H17ClO2/c1-8(2)7-15-12-10(9(3)14)5-4-6-11(12)13/h4-6,8-9,14H,7H2,1-3H3. The smallest absolute Gasteiger partial charge is 0.143 e. The van der Waals surface area contributed by atoms with Crippen LogP contribution in [0.15, 0.2) is 18.2 Å². The van der Waals surface area contributed by atoms with Gasteiger partial charge < -0.3 is 9.84 Å². The second-order valence-corrected chi connectivity index (χ2v) is 4.45.